The molecule has 2 amide bonds. The second-order valence-corrected chi connectivity index (χ2v) is 7.52. The quantitative estimate of drug-likeness (QED) is 0.832. The molecule has 1 saturated carbocycles. The molecule has 1 aliphatic carbocycles. The van der Waals surface area contributed by atoms with Crippen LogP contribution in [0.3, 0.4) is 0 Å². The second kappa shape index (κ2) is 8.59. The Morgan fingerprint density at radius 3 is 2.83 bits per heavy atom. The molecule has 0 unspecified atom stereocenters. The Balaban J connectivity index is 1.86. The molecule has 7 heteroatoms. The molecule has 1 aliphatic rings. The van der Waals surface area contributed by atoms with Gasteiger partial charge >= 0.3 is 6.03 Å². The summed E-state index contributed by atoms with van der Waals surface area (Å²) < 4.78 is 1.79. The Kier molecular flexibility index (Phi) is 6.77. The summed E-state index contributed by atoms with van der Waals surface area (Å²) in [6.45, 7) is 0.571. The van der Waals surface area contributed by atoms with Gasteiger partial charge in [-0.05, 0) is 33.2 Å². The molecule has 2 rings (SSSR count). The Hall–Kier alpha value is -1.21. The van der Waals surface area contributed by atoms with Crippen molar-refractivity contribution in [3.63, 3.8) is 0 Å². The summed E-state index contributed by atoms with van der Waals surface area (Å²) >= 11 is 1.86. The van der Waals surface area contributed by atoms with Crippen molar-refractivity contribution in [3.8, 4) is 0 Å². The molecule has 0 saturated heterocycles. The fourth-order valence-electron chi connectivity index (χ4n) is 3.16. The lowest BCUT2D eigenvalue weighted by Gasteiger charge is -2.31. The van der Waals surface area contributed by atoms with Crippen molar-refractivity contribution in [2.45, 2.75) is 43.0 Å². The maximum absolute atomic E-state index is 12.3. The number of likely N-dealkylation sites (N-methyl/N-ethyl adjacent to an activating group) is 1. The van der Waals surface area contributed by atoms with Crippen LogP contribution in [0.15, 0.2) is 12.4 Å². The average molecular weight is 340 g/mol. The Bertz CT molecular complexity index is 504. The standard InChI is InChI=1S/C16H29N5OS/c1-20(2)14(12-9-18-21(3)11-12)10-17-16(22)19-13-7-5-6-8-15(13)23-4/h9,11,13-15H,5-8,10H2,1-4H3,(H2,17,19,22)/t13-,14-,15+/m0/s1. The van der Waals surface area contributed by atoms with Gasteiger partial charge in [-0.25, -0.2) is 4.79 Å². The second-order valence-electron chi connectivity index (χ2n) is 6.45. The first-order valence-corrected chi connectivity index (χ1v) is 9.52. The molecular formula is C16H29N5OS. The predicted molar refractivity (Wildman–Crippen MR) is 95.7 cm³/mol. The maximum Gasteiger partial charge on any atom is 0.315 e. The van der Waals surface area contributed by atoms with E-state index in [4.69, 9.17) is 0 Å². The van der Waals surface area contributed by atoms with Gasteiger partial charge in [-0.1, -0.05) is 12.8 Å². The van der Waals surface area contributed by atoms with Gasteiger partial charge in [0.25, 0.3) is 0 Å². The van der Waals surface area contributed by atoms with E-state index in [1.54, 1.807) is 4.68 Å². The van der Waals surface area contributed by atoms with Crippen molar-refractivity contribution < 1.29 is 4.79 Å². The van der Waals surface area contributed by atoms with Crippen LogP contribution in [0.1, 0.15) is 37.3 Å². The van der Waals surface area contributed by atoms with Crippen LogP contribution in [-0.4, -0.2) is 58.9 Å². The number of carbonyl (C=O) groups is 1. The first-order valence-electron chi connectivity index (χ1n) is 8.23. The third kappa shape index (κ3) is 5.14. The minimum absolute atomic E-state index is 0.0632. The maximum atomic E-state index is 12.3. The number of hydrogen-bond acceptors (Lipinski definition) is 4. The summed E-state index contributed by atoms with van der Waals surface area (Å²) in [6, 6.07) is 0.346. The fourth-order valence-corrected chi connectivity index (χ4v) is 4.10. The highest BCUT2D eigenvalue weighted by atomic mass is 32.2. The van der Waals surface area contributed by atoms with Crippen LogP contribution in [0.25, 0.3) is 0 Å². The predicted octanol–water partition coefficient (Wildman–Crippen LogP) is 2.00. The van der Waals surface area contributed by atoms with Crippen LogP contribution < -0.4 is 10.6 Å². The normalized spacial score (nSPS) is 22.8. The van der Waals surface area contributed by atoms with Gasteiger partial charge in [-0.15, -0.1) is 0 Å². The largest absolute Gasteiger partial charge is 0.336 e. The molecule has 23 heavy (non-hydrogen) atoms. The summed E-state index contributed by atoms with van der Waals surface area (Å²) in [5.41, 5.74) is 1.11. The highest BCUT2D eigenvalue weighted by Gasteiger charge is 2.26. The number of urea groups is 1. The van der Waals surface area contributed by atoms with Crippen molar-refractivity contribution in [2.75, 3.05) is 26.9 Å². The summed E-state index contributed by atoms with van der Waals surface area (Å²) in [5.74, 6) is 0. The number of carbonyl (C=O) groups excluding carboxylic acids is 1. The van der Waals surface area contributed by atoms with Crippen LogP contribution >= 0.6 is 11.8 Å². The lowest BCUT2D eigenvalue weighted by atomic mass is 9.95. The van der Waals surface area contributed by atoms with E-state index in [9.17, 15) is 4.79 Å². The topological polar surface area (TPSA) is 62.2 Å². The molecule has 3 atom stereocenters. The van der Waals surface area contributed by atoms with E-state index >= 15 is 0 Å². The summed E-state index contributed by atoms with van der Waals surface area (Å²) in [7, 11) is 5.94. The van der Waals surface area contributed by atoms with E-state index in [2.05, 4.69) is 26.9 Å². The first-order chi connectivity index (χ1) is 11.0. The first kappa shape index (κ1) is 18.1. The van der Waals surface area contributed by atoms with Crippen molar-refractivity contribution in [1.29, 1.82) is 0 Å². The number of nitrogens with one attached hydrogen (secondary N) is 2. The Morgan fingerprint density at radius 1 is 1.48 bits per heavy atom. The zero-order valence-electron chi connectivity index (χ0n) is 14.6. The molecule has 1 heterocycles. The van der Waals surface area contributed by atoms with Gasteiger partial charge in [0.1, 0.15) is 0 Å². The summed E-state index contributed by atoms with van der Waals surface area (Å²) in [4.78, 5) is 14.4. The molecule has 0 radical (unpaired) electrons. The van der Waals surface area contributed by atoms with Crippen LogP contribution in [0.4, 0.5) is 4.79 Å². The Labute approximate surface area is 143 Å². The van der Waals surface area contributed by atoms with Gasteiger partial charge in [-0.3, -0.25) is 4.68 Å². The van der Waals surface area contributed by atoms with Gasteiger partial charge in [0.15, 0.2) is 0 Å². The molecular weight excluding hydrogens is 310 g/mol. The summed E-state index contributed by atoms with van der Waals surface area (Å²) in [6.07, 6.45) is 10.7. The van der Waals surface area contributed by atoms with Crippen molar-refractivity contribution in [3.05, 3.63) is 18.0 Å². The summed E-state index contributed by atoms with van der Waals surface area (Å²) in [5, 5.41) is 10.9. The van der Waals surface area contributed by atoms with E-state index < -0.39 is 0 Å². The number of aromatic nitrogens is 2. The smallest absolute Gasteiger partial charge is 0.315 e. The fraction of sp³-hybridized carbons (Fsp3) is 0.750. The number of amides is 2. The number of hydrogen-bond donors (Lipinski definition) is 2. The monoisotopic (exact) mass is 339 g/mol. The number of thioether (sulfide) groups is 1. The van der Waals surface area contributed by atoms with Gasteiger partial charge in [0, 0.05) is 36.6 Å². The van der Waals surface area contributed by atoms with Gasteiger partial charge in [0.2, 0.25) is 0 Å². The minimum Gasteiger partial charge on any atom is -0.336 e. The highest BCUT2D eigenvalue weighted by molar-refractivity contribution is 7.99. The van der Waals surface area contributed by atoms with Crippen molar-refractivity contribution in [2.24, 2.45) is 7.05 Å². The molecule has 6 nitrogen and oxygen atoms in total. The molecule has 0 aliphatic heterocycles. The number of aryl methyl sites for hydroxylation is 1. The lowest BCUT2D eigenvalue weighted by Crippen LogP contribution is -2.49. The van der Waals surface area contributed by atoms with E-state index in [0.717, 1.165) is 12.0 Å². The van der Waals surface area contributed by atoms with E-state index in [-0.39, 0.29) is 18.1 Å². The highest BCUT2D eigenvalue weighted by Crippen LogP contribution is 2.27. The Morgan fingerprint density at radius 2 is 2.22 bits per heavy atom. The van der Waals surface area contributed by atoms with Crippen molar-refractivity contribution >= 4 is 17.8 Å². The average Bonchev–Trinajstić information content (AvgIpc) is 2.94. The molecule has 1 aromatic rings. The van der Waals surface area contributed by atoms with E-state index in [1.807, 2.05) is 45.3 Å². The zero-order valence-corrected chi connectivity index (χ0v) is 15.4. The molecule has 2 N–H and O–H groups in total. The van der Waals surface area contributed by atoms with Crippen LogP contribution in [0.5, 0.6) is 0 Å². The SMILES string of the molecule is CS[C@@H]1CCCC[C@@H]1NC(=O)NC[C@@H](c1cnn(C)c1)N(C)C. The third-order valence-electron chi connectivity index (χ3n) is 4.51. The van der Waals surface area contributed by atoms with E-state index in [1.165, 1.54) is 19.3 Å². The van der Waals surface area contributed by atoms with Gasteiger partial charge in [0.05, 0.1) is 12.2 Å². The minimum atomic E-state index is -0.0632. The number of nitrogens with zero attached hydrogens (tertiary/aromatic N) is 3. The molecule has 130 valence electrons. The van der Waals surface area contributed by atoms with Crippen LogP contribution in [0, 0.1) is 0 Å². The zero-order chi connectivity index (χ0) is 16.8. The van der Waals surface area contributed by atoms with Crippen molar-refractivity contribution in [1.82, 2.24) is 25.3 Å². The molecule has 1 aromatic heterocycles. The van der Waals surface area contributed by atoms with E-state index in [0.29, 0.717) is 11.8 Å². The lowest BCUT2D eigenvalue weighted by molar-refractivity contribution is 0.226. The molecule has 0 aromatic carbocycles. The van der Waals surface area contributed by atoms with Gasteiger partial charge < -0.3 is 15.5 Å². The number of rotatable bonds is 6. The molecule has 1 fully saturated rings. The molecule has 0 spiro atoms. The third-order valence-corrected chi connectivity index (χ3v) is 5.68. The van der Waals surface area contributed by atoms with Gasteiger partial charge in [-0.2, -0.15) is 16.9 Å². The van der Waals surface area contributed by atoms with Crippen LogP contribution in [0.2, 0.25) is 0 Å². The van der Waals surface area contributed by atoms with Crippen LogP contribution in [-0.2, 0) is 7.05 Å². The molecule has 0 bridgehead atoms.